The Bertz CT molecular complexity index is 3660. The lowest BCUT2D eigenvalue weighted by molar-refractivity contribution is 1.18. The van der Waals surface area contributed by atoms with Crippen LogP contribution in [0.1, 0.15) is 0 Å². The number of para-hydroxylation sites is 3. The van der Waals surface area contributed by atoms with Crippen LogP contribution in [0.2, 0.25) is 0 Å². The summed E-state index contributed by atoms with van der Waals surface area (Å²) in [5, 5.41) is 4.99. The number of anilines is 3. The third-order valence-corrected chi connectivity index (χ3v) is 13.0. The molecule has 0 radical (unpaired) electrons. The van der Waals surface area contributed by atoms with Gasteiger partial charge in [0.15, 0.2) is 0 Å². The highest BCUT2D eigenvalue weighted by molar-refractivity contribution is 6.09. The molecule has 12 aromatic rings. The highest BCUT2D eigenvalue weighted by Gasteiger charge is 2.21. The standard InChI is InChI=1S/C64H44N2/c1-2-19-47(20-3-1)55-26-6-7-27-56(55)57-28-8-9-29-58(57)59-30-10-13-33-62(59)65(53-24-17-23-50(44-53)51-37-36-45-18-4-5-21-48(45)42-51)52-40-38-46(39-41-52)49-22-16-25-54(43-49)66-63-34-14-11-31-60(63)61-32-12-15-35-64(61)66/h1-44H. The van der Waals surface area contributed by atoms with Crippen LogP contribution >= 0.6 is 0 Å². The van der Waals surface area contributed by atoms with E-state index in [-0.39, 0.29) is 0 Å². The normalized spacial score (nSPS) is 11.3. The number of benzene rings is 11. The number of rotatable bonds is 9. The fourth-order valence-electron chi connectivity index (χ4n) is 9.89. The van der Waals surface area contributed by atoms with Crippen LogP contribution < -0.4 is 4.90 Å². The Kier molecular flexibility index (Phi) is 9.89. The first-order valence-electron chi connectivity index (χ1n) is 22.7. The van der Waals surface area contributed by atoms with Gasteiger partial charge in [-0.05, 0) is 122 Å². The molecule has 0 aliphatic carbocycles. The average Bonchev–Trinajstić information content (AvgIpc) is 3.74. The Labute approximate surface area is 385 Å². The monoisotopic (exact) mass is 840 g/mol. The summed E-state index contributed by atoms with van der Waals surface area (Å²) in [6.45, 7) is 0. The molecule has 0 saturated heterocycles. The molecule has 2 heteroatoms. The molecular weight excluding hydrogens is 797 g/mol. The maximum atomic E-state index is 2.43. The summed E-state index contributed by atoms with van der Waals surface area (Å²) in [6, 6.07) is 96.9. The topological polar surface area (TPSA) is 8.17 Å². The number of aromatic nitrogens is 1. The Morgan fingerprint density at radius 3 is 1.48 bits per heavy atom. The molecule has 66 heavy (non-hydrogen) atoms. The van der Waals surface area contributed by atoms with Crippen LogP contribution in [0.4, 0.5) is 17.1 Å². The van der Waals surface area contributed by atoms with Crippen LogP contribution in [0, 0.1) is 0 Å². The lowest BCUT2D eigenvalue weighted by Crippen LogP contribution is -2.11. The molecule has 2 nitrogen and oxygen atoms in total. The van der Waals surface area contributed by atoms with Gasteiger partial charge in [-0.3, -0.25) is 0 Å². The Morgan fingerprint density at radius 2 is 0.758 bits per heavy atom. The molecule has 0 N–H and O–H groups in total. The van der Waals surface area contributed by atoms with Crippen molar-refractivity contribution in [1.82, 2.24) is 4.57 Å². The second-order valence-corrected chi connectivity index (χ2v) is 16.9. The number of hydrogen-bond acceptors (Lipinski definition) is 1. The number of hydrogen-bond donors (Lipinski definition) is 0. The van der Waals surface area contributed by atoms with Crippen molar-refractivity contribution < 1.29 is 0 Å². The zero-order valence-corrected chi connectivity index (χ0v) is 36.3. The largest absolute Gasteiger partial charge is 0.310 e. The van der Waals surface area contributed by atoms with Crippen molar-refractivity contribution in [2.75, 3.05) is 4.90 Å². The zero-order valence-electron chi connectivity index (χ0n) is 36.3. The van der Waals surface area contributed by atoms with E-state index in [2.05, 4.69) is 276 Å². The first-order valence-corrected chi connectivity index (χ1v) is 22.7. The van der Waals surface area contributed by atoms with E-state index < -0.39 is 0 Å². The Balaban J connectivity index is 0.999. The Hall–Kier alpha value is -8.72. The molecule has 0 atom stereocenters. The first-order chi connectivity index (χ1) is 32.7. The average molecular weight is 841 g/mol. The summed E-state index contributed by atoms with van der Waals surface area (Å²) in [5.74, 6) is 0. The molecule has 1 heterocycles. The highest BCUT2D eigenvalue weighted by Crippen LogP contribution is 2.46. The Morgan fingerprint density at radius 1 is 0.258 bits per heavy atom. The van der Waals surface area contributed by atoms with Crippen LogP contribution in [-0.2, 0) is 0 Å². The molecule has 0 spiro atoms. The molecule has 0 unspecified atom stereocenters. The molecule has 0 amide bonds. The molecule has 12 rings (SSSR count). The van der Waals surface area contributed by atoms with E-state index >= 15 is 0 Å². The van der Waals surface area contributed by atoms with Gasteiger partial charge in [0.25, 0.3) is 0 Å². The molecule has 0 aliphatic heterocycles. The fourth-order valence-corrected chi connectivity index (χ4v) is 9.89. The van der Waals surface area contributed by atoms with Crippen LogP contribution in [0.3, 0.4) is 0 Å². The van der Waals surface area contributed by atoms with E-state index in [1.54, 1.807) is 0 Å². The van der Waals surface area contributed by atoms with E-state index in [0.717, 1.165) is 45.0 Å². The van der Waals surface area contributed by atoms with Gasteiger partial charge < -0.3 is 9.47 Å². The summed E-state index contributed by atoms with van der Waals surface area (Å²) in [6.07, 6.45) is 0. The number of fused-ring (bicyclic) bond motifs is 4. The van der Waals surface area contributed by atoms with Gasteiger partial charge in [0.1, 0.15) is 0 Å². The summed E-state index contributed by atoms with van der Waals surface area (Å²) in [4.78, 5) is 2.43. The minimum atomic E-state index is 1.07. The van der Waals surface area contributed by atoms with Crippen molar-refractivity contribution in [2.45, 2.75) is 0 Å². The van der Waals surface area contributed by atoms with Crippen molar-refractivity contribution >= 4 is 49.6 Å². The molecule has 11 aromatic carbocycles. The highest BCUT2D eigenvalue weighted by atomic mass is 15.1. The maximum absolute atomic E-state index is 2.43. The summed E-state index contributed by atoms with van der Waals surface area (Å²) in [5.41, 5.74) is 18.6. The van der Waals surface area contributed by atoms with Gasteiger partial charge >= 0.3 is 0 Å². The van der Waals surface area contributed by atoms with Crippen LogP contribution in [0.25, 0.3) is 93.9 Å². The molecule has 0 saturated carbocycles. The van der Waals surface area contributed by atoms with E-state index in [4.69, 9.17) is 0 Å². The molecule has 310 valence electrons. The summed E-state index contributed by atoms with van der Waals surface area (Å²) in [7, 11) is 0. The molecule has 0 bridgehead atoms. The van der Waals surface area contributed by atoms with E-state index in [0.29, 0.717) is 0 Å². The maximum Gasteiger partial charge on any atom is 0.0541 e. The molecular formula is C64H44N2. The van der Waals surface area contributed by atoms with Crippen molar-refractivity contribution in [3.8, 4) is 61.3 Å². The summed E-state index contributed by atoms with van der Waals surface area (Å²) >= 11 is 0. The first kappa shape index (κ1) is 38.9. The quantitative estimate of drug-likeness (QED) is 0.141. The molecule has 0 aliphatic rings. The lowest BCUT2D eigenvalue weighted by Gasteiger charge is -2.29. The third kappa shape index (κ3) is 7.02. The van der Waals surface area contributed by atoms with Crippen molar-refractivity contribution in [3.05, 3.63) is 267 Å². The van der Waals surface area contributed by atoms with Crippen molar-refractivity contribution in [2.24, 2.45) is 0 Å². The van der Waals surface area contributed by atoms with Crippen molar-refractivity contribution in [3.63, 3.8) is 0 Å². The molecule has 0 fully saturated rings. The predicted octanol–water partition coefficient (Wildman–Crippen LogP) is 17.7. The smallest absolute Gasteiger partial charge is 0.0541 e. The summed E-state index contributed by atoms with van der Waals surface area (Å²) < 4.78 is 2.39. The number of nitrogens with zero attached hydrogens (tertiary/aromatic N) is 2. The SMILES string of the molecule is c1ccc(-c2ccccc2-c2ccccc2-c2ccccc2N(c2ccc(-c3cccc(-n4c5ccccc5c5ccccc54)c3)cc2)c2cccc(-c3ccc4ccccc4c3)c2)cc1. The van der Waals surface area contributed by atoms with Gasteiger partial charge in [0.05, 0.1) is 16.7 Å². The van der Waals surface area contributed by atoms with Crippen LogP contribution in [0.5, 0.6) is 0 Å². The lowest BCUT2D eigenvalue weighted by atomic mass is 9.88. The van der Waals surface area contributed by atoms with E-state index in [9.17, 15) is 0 Å². The van der Waals surface area contributed by atoms with Gasteiger partial charge in [0, 0.05) is 33.4 Å². The van der Waals surface area contributed by atoms with Gasteiger partial charge in [-0.15, -0.1) is 0 Å². The van der Waals surface area contributed by atoms with E-state index in [1.807, 2.05) is 0 Å². The minimum absolute atomic E-state index is 1.07. The van der Waals surface area contributed by atoms with Gasteiger partial charge in [-0.25, -0.2) is 0 Å². The van der Waals surface area contributed by atoms with Crippen molar-refractivity contribution in [1.29, 1.82) is 0 Å². The van der Waals surface area contributed by atoms with Gasteiger partial charge in [-0.1, -0.05) is 206 Å². The third-order valence-electron chi connectivity index (χ3n) is 13.0. The molecule has 1 aromatic heterocycles. The fraction of sp³-hybridized carbons (Fsp3) is 0. The van der Waals surface area contributed by atoms with Crippen LogP contribution in [-0.4, -0.2) is 4.57 Å². The minimum Gasteiger partial charge on any atom is -0.310 e. The van der Waals surface area contributed by atoms with Crippen LogP contribution in [0.15, 0.2) is 267 Å². The second-order valence-electron chi connectivity index (χ2n) is 16.9. The second kappa shape index (κ2) is 16.8. The van der Waals surface area contributed by atoms with Gasteiger partial charge in [-0.2, -0.15) is 0 Å². The van der Waals surface area contributed by atoms with E-state index in [1.165, 1.54) is 66.0 Å². The predicted molar refractivity (Wildman–Crippen MR) is 280 cm³/mol. The zero-order chi connectivity index (χ0) is 43.8. The van der Waals surface area contributed by atoms with Gasteiger partial charge in [0.2, 0.25) is 0 Å².